The van der Waals surface area contributed by atoms with Gasteiger partial charge in [-0.1, -0.05) is 57.9 Å². The number of carboxylic acid groups (broad SMARTS) is 1. The summed E-state index contributed by atoms with van der Waals surface area (Å²) < 4.78 is 5.96. The summed E-state index contributed by atoms with van der Waals surface area (Å²) in [5.74, 6) is -1.65. The highest BCUT2D eigenvalue weighted by molar-refractivity contribution is 9.10. The Bertz CT molecular complexity index is 754. The topological polar surface area (TPSA) is 75.6 Å². The fourth-order valence-electron chi connectivity index (χ4n) is 2.39. The summed E-state index contributed by atoms with van der Waals surface area (Å²) in [6.45, 7) is 0. The van der Waals surface area contributed by atoms with Gasteiger partial charge in [-0.05, 0) is 29.3 Å². The SMILES string of the molecule is CO[C@H](C(=O)N[C@H](Cc1cc(Cl)ccc1Br)C(=O)O)c1ccccc1. The lowest BCUT2D eigenvalue weighted by molar-refractivity contribution is -0.144. The molecule has 7 heteroatoms. The fraction of sp³-hybridized carbons (Fsp3) is 0.222. The highest BCUT2D eigenvalue weighted by atomic mass is 79.9. The first-order valence-corrected chi connectivity index (χ1v) is 8.64. The van der Waals surface area contributed by atoms with Crippen LogP contribution in [0.15, 0.2) is 53.0 Å². The summed E-state index contributed by atoms with van der Waals surface area (Å²) in [5.41, 5.74) is 1.34. The molecule has 2 aromatic carbocycles. The highest BCUT2D eigenvalue weighted by Gasteiger charge is 2.27. The van der Waals surface area contributed by atoms with Gasteiger partial charge in [0.2, 0.25) is 0 Å². The molecule has 0 saturated carbocycles. The average molecular weight is 427 g/mol. The fourth-order valence-corrected chi connectivity index (χ4v) is 2.99. The number of hydrogen-bond donors (Lipinski definition) is 2. The Morgan fingerprint density at radius 3 is 2.52 bits per heavy atom. The van der Waals surface area contributed by atoms with Crippen molar-refractivity contribution in [1.29, 1.82) is 0 Å². The standard InChI is InChI=1S/C18H17BrClNO4/c1-25-16(11-5-3-2-4-6-11)17(22)21-15(18(23)24)10-12-9-13(20)7-8-14(12)19/h2-9,15-16H,10H2,1H3,(H,21,22)(H,23,24)/t15-,16+/m1/s1. The Labute approximate surface area is 159 Å². The van der Waals surface area contributed by atoms with Gasteiger partial charge in [0.05, 0.1) is 0 Å². The maximum absolute atomic E-state index is 12.5. The lowest BCUT2D eigenvalue weighted by Crippen LogP contribution is -2.44. The number of hydrogen-bond acceptors (Lipinski definition) is 3. The second kappa shape index (κ2) is 8.99. The zero-order chi connectivity index (χ0) is 18.4. The largest absolute Gasteiger partial charge is 0.480 e. The number of ether oxygens (including phenoxy) is 1. The lowest BCUT2D eigenvalue weighted by atomic mass is 10.0. The van der Waals surface area contributed by atoms with Crippen molar-refractivity contribution in [2.24, 2.45) is 0 Å². The molecule has 0 aliphatic carbocycles. The van der Waals surface area contributed by atoms with Gasteiger partial charge in [0, 0.05) is 23.0 Å². The molecule has 1 amide bonds. The van der Waals surface area contributed by atoms with Crippen molar-refractivity contribution in [2.45, 2.75) is 18.6 Å². The van der Waals surface area contributed by atoms with Crippen LogP contribution in [0, 0.1) is 0 Å². The molecular weight excluding hydrogens is 410 g/mol. The summed E-state index contributed by atoms with van der Waals surface area (Å²) in [7, 11) is 1.40. The van der Waals surface area contributed by atoms with Gasteiger partial charge in [0.25, 0.3) is 5.91 Å². The first kappa shape index (κ1) is 19.4. The number of carboxylic acids is 1. The number of rotatable bonds is 7. The van der Waals surface area contributed by atoms with E-state index >= 15 is 0 Å². The van der Waals surface area contributed by atoms with E-state index in [-0.39, 0.29) is 6.42 Å². The summed E-state index contributed by atoms with van der Waals surface area (Å²) >= 11 is 9.33. The van der Waals surface area contributed by atoms with Crippen LogP contribution in [0.5, 0.6) is 0 Å². The minimum atomic E-state index is -1.14. The molecule has 5 nitrogen and oxygen atoms in total. The molecule has 0 bridgehead atoms. The van der Waals surface area contributed by atoms with Gasteiger partial charge in [-0.2, -0.15) is 0 Å². The van der Waals surface area contributed by atoms with Gasteiger partial charge >= 0.3 is 5.97 Å². The smallest absolute Gasteiger partial charge is 0.326 e. The van der Waals surface area contributed by atoms with E-state index in [0.717, 1.165) is 4.47 Å². The maximum Gasteiger partial charge on any atom is 0.326 e. The molecule has 0 radical (unpaired) electrons. The van der Waals surface area contributed by atoms with Crippen molar-refractivity contribution in [3.63, 3.8) is 0 Å². The number of halogens is 2. The number of aliphatic carboxylic acids is 1. The predicted octanol–water partition coefficient (Wildman–Crippen LogP) is 3.60. The summed E-state index contributed by atoms with van der Waals surface area (Å²) in [5, 5.41) is 12.5. The van der Waals surface area contributed by atoms with E-state index in [0.29, 0.717) is 16.1 Å². The molecule has 132 valence electrons. The molecule has 2 N–H and O–H groups in total. The number of carbonyl (C=O) groups is 2. The predicted molar refractivity (Wildman–Crippen MR) is 98.6 cm³/mol. The second-order valence-corrected chi connectivity index (χ2v) is 6.66. The van der Waals surface area contributed by atoms with Crippen LogP contribution in [-0.4, -0.2) is 30.1 Å². The van der Waals surface area contributed by atoms with E-state index in [9.17, 15) is 14.7 Å². The molecule has 0 saturated heterocycles. The summed E-state index contributed by atoms with van der Waals surface area (Å²) in [6.07, 6.45) is -0.793. The van der Waals surface area contributed by atoms with E-state index < -0.39 is 24.0 Å². The van der Waals surface area contributed by atoms with Crippen molar-refractivity contribution >= 4 is 39.4 Å². The Morgan fingerprint density at radius 2 is 1.92 bits per heavy atom. The Morgan fingerprint density at radius 1 is 1.24 bits per heavy atom. The van der Waals surface area contributed by atoms with Crippen LogP contribution in [-0.2, 0) is 20.7 Å². The zero-order valence-electron chi connectivity index (χ0n) is 13.4. The van der Waals surface area contributed by atoms with Gasteiger partial charge < -0.3 is 15.2 Å². The van der Waals surface area contributed by atoms with Crippen LogP contribution in [0.3, 0.4) is 0 Å². The van der Waals surface area contributed by atoms with Crippen molar-refractivity contribution in [1.82, 2.24) is 5.32 Å². The Kier molecular flexibility index (Phi) is 6.99. The molecule has 0 aromatic heterocycles. The second-order valence-electron chi connectivity index (χ2n) is 5.37. The van der Waals surface area contributed by atoms with Crippen LogP contribution in [0.1, 0.15) is 17.2 Å². The Balaban J connectivity index is 2.16. The third kappa shape index (κ3) is 5.29. The maximum atomic E-state index is 12.5. The minimum absolute atomic E-state index is 0.0907. The van der Waals surface area contributed by atoms with E-state index in [2.05, 4.69) is 21.2 Å². The number of methoxy groups -OCH3 is 1. The molecule has 2 rings (SSSR count). The van der Waals surface area contributed by atoms with Gasteiger partial charge in [-0.3, -0.25) is 4.79 Å². The van der Waals surface area contributed by atoms with Gasteiger partial charge in [-0.15, -0.1) is 0 Å². The molecule has 0 unspecified atom stereocenters. The van der Waals surface area contributed by atoms with Crippen LogP contribution in [0.25, 0.3) is 0 Å². The van der Waals surface area contributed by atoms with Crippen LogP contribution in [0.4, 0.5) is 0 Å². The number of amides is 1. The minimum Gasteiger partial charge on any atom is -0.480 e. The molecule has 0 fully saturated rings. The summed E-state index contributed by atoms with van der Waals surface area (Å²) in [6, 6.07) is 12.9. The molecule has 0 aliphatic heterocycles. The zero-order valence-corrected chi connectivity index (χ0v) is 15.8. The van der Waals surface area contributed by atoms with Crippen molar-refractivity contribution in [3.05, 3.63) is 69.2 Å². The van der Waals surface area contributed by atoms with Crippen molar-refractivity contribution < 1.29 is 19.4 Å². The van der Waals surface area contributed by atoms with Crippen molar-refractivity contribution in [2.75, 3.05) is 7.11 Å². The van der Waals surface area contributed by atoms with Crippen LogP contribution >= 0.6 is 27.5 Å². The number of carbonyl (C=O) groups excluding carboxylic acids is 1. The first-order chi connectivity index (χ1) is 11.9. The average Bonchev–Trinajstić information content (AvgIpc) is 2.59. The molecule has 0 aliphatic rings. The van der Waals surface area contributed by atoms with Crippen LogP contribution in [0.2, 0.25) is 5.02 Å². The molecule has 2 atom stereocenters. The monoisotopic (exact) mass is 425 g/mol. The number of nitrogens with one attached hydrogen (secondary N) is 1. The molecular formula is C18H17BrClNO4. The lowest BCUT2D eigenvalue weighted by Gasteiger charge is -2.20. The molecule has 0 heterocycles. The van der Waals surface area contributed by atoms with Crippen molar-refractivity contribution in [3.8, 4) is 0 Å². The van der Waals surface area contributed by atoms with E-state index in [1.165, 1.54) is 7.11 Å². The van der Waals surface area contributed by atoms with E-state index in [1.807, 2.05) is 6.07 Å². The first-order valence-electron chi connectivity index (χ1n) is 7.47. The highest BCUT2D eigenvalue weighted by Crippen LogP contribution is 2.23. The van der Waals surface area contributed by atoms with E-state index in [1.54, 1.807) is 42.5 Å². The quantitative estimate of drug-likeness (QED) is 0.709. The summed E-state index contributed by atoms with van der Waals surface area (Å²) in [4.78, 5) is 24.1. The molecule has 25 heavy (non-hydrogen) atoms. The van der Waals surface area contributed by atoms with Crippen LogP contribution < -0.4 is 5.32 Å². The van der Waals surface area contributed by atoms with Gasteiger partial charge in [-0.25, -0.2) is 4.79 Å². The third-order valence-corrected chi connectivity index (χ3v) is 4.63. The third-order valence-electron chi connectivity index (χ3n) is 3.62. The van der Waals surface area contributed by atoms with Gasteiger partial charge in [0.1, 0.15) is 6.04 Å². The van der Waals surface area contributed by atoms with Gasteiger partial charge in [0.15, 0.2) is 6.10 Å². The number of benzene rings is 2. The van der Waals surface area contributed by atoms with E-state index in [4.69, 9.17) is 16.3 Å². The molecule has 2 aromatic rings. The molecule has 0 spiro atoms. The normalized spacial score (nSPS) is 13.1. The Hall–Kier alpha value is -1.89.